The summed E-state index contributed by atoms with van der Waals surface area (Å²) in [6.07, 6.45) is -5.23. The highest BCUT2D eigenvalue weighted by atomic mass is 19.4. The summed E-state index contributed by atoms with van der Waals surface area (Å²) in [5.41, 5.74) is 4.95. The van der Waals surface area contributed by atoms with Gasteiger partial charge in [-0.1, -0.05) is 5.16 Å². The van der Waals surface area contributed by atoms with Gasteiger partial charge in [-0.15, -0.1) is 0 Å². The topological polar surface area (TPSA) is 74.2 Å². The molecule has 0 bridgehead atoms. The van der Waals surface area contributed by atoms with Crippen LogP contribution in [-0.4, -0.2) is 22.9 Å². The molecular formula is C9H14F3N3O2. The third-order valence-corrected chi connectivity index (χ3v) is 1.80. The first-order chi connectivity index (χ1) is 7.68. The van der Waals surface area contributed by atoms with Gasteiger partial charge in [-0.05, 0) is 13.8 Å². The summed E-state index contributed by atoms with van der Waals surface area (Å²) in [6.45, 7) is 2.78. The highest BCUT2D eigenvalue weighted by Crippen LogP contribution is 2.19. The lowest BCUT2D eigenvalue weighted by molar-refractivity contribution is -0.146. The molecule has 1 aromatic heterocycles. The molecule has 5 nitrogen and oxygen atoms in total. The van der Waals surface area contributed by atoms with Crippen LogP contribution in [0.25, 0.3) is 0 Å². The first-order valence-electron chi connectivity index (χ1n) is 4.95. The Labute approximate surface area is 96.1 Å². The van der Waals surface area contributed by atoms with E-state index in [0.717, 1.165) is 0 Å². The first-order valence-corrected chi connectivity index (χ1v) is 4.95. The molecule has 0 atom stereocenters. The van der Waals surface area contributed by atoms with Gasteiger partial charge < -0.3 is 15.0 Å². The number of hydrogen-bond acceptors (Lipinski definition) is 5. The van der Waals surface area contributed by atoms with Crippen LogP contribution in [0.3, 0.4) is 0 Å². The second-order valence-electron chi connectivity index (χ2n) is 4.15. The Bertz CT molecular complexity index is 357. The first kappa shape index (κ1) is 13.9. The Hall–Kier alpha value is -1.15. The number of hydrogen-bond donors (Lipinski definition) is 1. The number of aromatic nitrogens is 2. The summed E-state index contributed by atoms with van der Waals surface area (Å²) in [7, 11) is 0. The van der Waals surface area contributed by atoms with Gasteiger partial charge in [-0.3, -0.25) is 0 Å². The number of ether oxygens (including phenoxy) is 1. The van der Waals surface area contributed by atoms with Crippen molar-refractivity contribution in [3.63, 3.8) is 0 Å². The molecule has 1 aromatic rings. The monoisotopic (exact) mass is 253 g/mol. The van der Waals surface area contributed by atoms with Gasteiger partial charge in [-0.2, -0.15) is 18.2 Å². The number of nitrogens with zero attached hydrogens (tertiary/aromatic N) is 2. The number of alkyl halides is 3. The van der Waals surface area contributed by atoms with Crippen LogP contribution in [0.1, 0.15) is 32.0 Å². The maximum absolute atomic E-state index is 11.8. The minimum absolute atomic E-state index is 0.112. The molecule has 0 aromatic carbocycles. The predicted molar refractivity (Wildman–Crippen MR) is 51.8 cm³/mol. The fourth-order valence-electron chi connectivity index (χ4n) is 0.923. The van der Waals surface area contributed by atoms with Crippen molar-refractivity contribution in [2.24, 2.45) is 5.73 Å². The van der Waals surface area contributed by atoms with Gasteiger partial charge in [-0.25, -0.2) is 0 Å². The fourth-order valence-corrected chi connectivity index (χ4v) is 0.923. The predicted octanol–water partition coefficient (Wildman–Crippen LogP) is 1.73. The van der Waals surface area contributed by atoms with Gasteiger partial charge in [0.15, 0.2) is 5.82 Å². The lowest BCUT2D eigenvalue weighted by atomic mass is 10.1. The quantitative estimate of drug-likeness (QED) is 0.809. The average molecular weight is 253 g/mol. The molecule has 0 radical (unpaired) electrons. The van der Waals surface area contributed by atoms with Crippen LogP contribution >= 0.6 is 0 Å². The van der Waals surface area contributed by atoms with Crippen LogP contribution in [0.2, 0.25) is 0 Å². The molecule has 0 saturated heterocycles. The molecule has 0 unspecified atom stereocenters. The maximum Gasteiger partial charge on any atom is 0.391 e. The van der Waals surface area contributed by atoms with Gasteiger partial charge in [0.25, 0.3) is 5.89 Å². The van der Waals surface area contributed by atoms with Crippen molar-refractivity contribution in [2.45, 2.75) is 38.6 Å². The maximum atomic E-state index is 11.8. The third kappa shape index (κ3) is 5.14. The molecule has 0 spiro atoms. The molecule has 0 amide bonds. The zero-order valence-electron chi connectivity index (χ0n) is 9.54. The Morgan fingerprint density at radius 1 is 1.35 bits per heavy atom. The largest absolute Gasteiger partial charge is 0.391 e. The minimum Gasteiger partial charge on any atom is -0.371 e. The second kappa shape index (κ2) is 5.01. The fraction of sp³-hybridized carbons (Fsp3) is 0.778. The second-order valence-corrected chi connectivity index (χ2v) is 4.15. The van der Waals surface area contributed by atoms with Crippen LogP contribution in [0.4, 0.5) is 13.2 Å². The normalized spacial score (nSPS) is 13.1. The van der Waals surface area contributed by atoms with E-state index < -0.39 is 24.7 Å². The van der Waals surface area contributed by atoms with Gasteiger partial charge >= 0.3 is 6.18 Å². The van der Waals surface area contributed by atoms with Crippen molar-refractivity contribution in [3.05, 3.63) is 11.7 Å². The van der Waals surface area contributed by atoms with Crippen LogP contribution < -0.4 is 5.73 Å². The summed E-state index contributed by atoms with van der Waals surface area (Å²) in [5.74, 6) is 0.396. The molecule has 1 rings (SSSR count). The van der Waals surface area contributed by atoms with Crippen molar-refractivity contribution in [3.8, 4) is 0 Å². The van der Waals surface area contributed by atoms with Crippen LogP contribution in [0.15, 0.2) is 4.52 Å². The molecular weight excluding hydrogens is 239 g/mol. The Kier molecular flexibility index (Phi) is 4.10. The van der Waals surface area contributed by atoms with Crippen LogP contribution in [0.5, 0.6) is 0 Å². The average Bonchev–Trinajstić information content (AvgIpc) is 2.58. The zero-order chi connectivity index (χ0) is 13.1. The zero-order valence-corrected chi connectivity index (χ0v) is 9.54. The van der Waals surface area contributed by atoms with Crippen LogP contribution in [-0.2, 0) is 16.9 Å². The van der Waals surface area contributed by atoms with E-state index in [1.807, 2.05) is 0 Å². The third-order valence-electron chi connectivity index (χ3n) is 1.80. The highest BCUT2D eigenvalue weighted by molar-refractivity contribution is 4.98. The Morgan fingerprint density at radius 2 is 2.00 bits per heavy atom. The molecule has 0 aliphatic heterocycles. The number of halogens is 3. The number of nitrogens with two attached hydrogens (primary N) is 1. The summed E-state index contributed by atoms with van der Waals surface area (Å²) < 4.78 is 44.9. The van der Waals surface area contributed by atoms with Gasteiger partial charge in [0, 0.05) is 0 Å². The minimum atomic E-state index is -4.22. The van der Waals surface area contributed by atoms with Gasteiger partial charge in [0.05, 0.1) is 18.6 Å². The van der Waals surface area contributed by atoms with E-state index in [0.29, 0.717) is 0 Å². The van der Waals surface area contributed by atoms with Crippen molar-refractivity contribution in [1.29, 1.82) is 0 Å². The SMILES string of the molecule is CC(C)(N)c1noc(COCCC(F)(F)F)n1. The summed E-state index contributed by atoms with van der Waals surface area (Å²) in [4.78, 5) is 3.91. The standard InChI is InChI=1S/C9H14F3N3O2/c1-8(2,13)7-14-6(17-15-7)5-16-4-3-9(10,11)12/h3-5,13H2,1-2H3. The van der Waals surface area contributed by atoms with E-state index in [1.54, 1.807) is 13.8 Å². The van der Waals surface area contributed by atoms with E-state index >= 15 is 0 Å². The molecule has 17 heavy (non-hydrogen) atoms. The summed E-state index contributed by atoms with van der Waals surface area (Å²) >= 11 is 0. The van der Waals surface area contributed by atoms with Crippen LogP contribution in [0, 0.1) is 0 Å². The molecule has 98 valence electrons. The van der Waals surface area contributed by atoms with E-state index in [9.17, 15) is 13.2 Å². The summed E-state index contributed by atoms with van der Waals surface area (Å²) in [5, 5.41) is 3.60. The molecule has 8 heteroatoms. The van der Waals surface area contributed by atoms with E-state index in [1.165, 1.54) is 0 Å². The van der Waals surface area contributed by atoms with E-state index in [-0.39, 0.29) is 18.3 Å². The van der Waals surface area contributed by atoms with Crippen molar-refractivity contribution in [1.82, 2.24) is 10.1 Å². The summed E-state index contributed by atoms with van der Waals surface area (Å²) in [6, 6.07) is 0. The lowest BCUT2D eigenvalue weighted by Gasteiger charge is -2.11. The van der Waals surface area contributed by atoms with Crippen molar-refractivity contribution < 1.29 is 22.4 Å². The van der Waals surface area contributed by atoms with E-state index in [2.05, 4.69) is 10.1 Å². The molecule has 0 aliphatic rings. The lowest BCUT2D eigenvalue weighted by Crippen LogP contribution is -2.30. The Balaban J connectivity index is 2.36. The van der Waals surface area contributed by atoms with Crippen molar-refractivity contribution >= 4 is 0 Å². The van der Waals surface area contributed by atoms with Gasteiger partial charge in [0.1, 0.15) is 6.61 Å². The van der Waals surface area contributed by atoms with Gasteiger partial charge in [0.2, 0.25) is 0 Å². The molecule has 0 aliphatic carbocycles. The molecule has 1 heterocycles. The molecule has 2 N–H and O–H groups in total. The highest BCUT2D eigenvalue weighted by Gasteiger charge is 2.26. The van der Waals surface area contributed by atoms with Crippen molar-refractivity contribution in [2.75, 3.05) is 6.61 Å². The Morgan fingerprint density at radius 3 is 2.47 bits per heavy atom. The van der Waals surface area contributed by atoms with E-state index in [4.69, 9.17) is 15.0 Å². The molecule has 0 saturated carbocycles. The smallest absolute Gasteiger partial charge is 0.371 e. The molecule has 0 fully saturated rings. The number of rotatable bonds is 5.